The predicted molar refractivity (Wildman–Crippen MR) is 91.0 cm³/mol. The topological polar surface area (TPSA) is 69.4 Å². The van der Waals surface area contributed by atoms with Gasteiger partial charge in [-0.15, -0.1) is 0 Å². The summed E-state index contributed by atoms with van der Waals surface area (Å²) in [5, 5.41) is 11.3. The summed E-state index contributed by atoms with van der Waals surface area (Å²) in [4.78, 5) is 23.2. The largest absolute Gasteiger partial charge is 0.458 e. The Morgan fingerprint density at radius 2 is 1.78 bits per heavy atom. The molecular formula is C18H25NO4. The lowest BCUT2D eigenvalue weighted by Gasteiger charge is -2.31. The molecule has 5 nitrogen and oxygen atoms in total. The van der Waals surface area contributed by atoms with E-state index in [9.17, 15) is 14.9 Å². The first kappa shape index (κ1) is 18.9. The second-order valence-electron chi connectivity index (χ2n) is 7.56. The zero-order chi connectivity index (χ0) is 18.0. The average molecular weight is 319 g/mol. The SMILES string of the molecule is C=CCOC(=O)c1cc([N+](=O)[O-])cc(C(C)(C)C)c1C(C)(C)C. The molecule has 0 heterocycles. The minimum Gasteiger partial charge on any atom is -0.458 e. The van der Waals surface area contributed by atoms with Crippen molar-refractivity contribution in [3.8, 4) is 0 Å². The molecule has 0 aliphatic carbocycles. The molecule has 0 amide bonds. The minimum absolute atomic E-state index is 0.0654. The summed E-state index contributed by atoms with van der Waals surface area (Å²) in [6.45, 7) is 15.4. The van der Waals surface area contributed by atoms with Gasteiger partial charge < -0.3 is 4.74 Å². The molecule has 5 heteroatoms. The second kappa shape index (κ2) is 6.52. The molecule has 1 rings (SSSR count). The smallest absolute Gasteiger partial charge is 0.339 e. The number of ether oxygens (including phenoxy) is 1. The van der Waals surface area contributed by atoms with Gasteiger partial charge in [0.25, 0.3) is 5.69 Å². The first-order valence-electron chi connectivity index (χ1n) is 7.51. The molecule has 0 atom stereocenters. The van der Waals surface area contributed by atoms with E-state index in [0.717, 1.165) is 11.1 Å². The van der Waals surface area contributed by atoms with Gasteiger partial charge in [0.15, 0.2) is 0 Å². The third kappa shape index (κ3) is 4.41. The fourth-order valence-corrected chi connectivity index (χ4v) is 2.51. The van der Waals surface area contributed by atoms with Crippen molar-refractivity contribution in [2.45, 2.75) is 52.4 Å². The van der Waals surface area contributed by atoms with Gasteiger partial charge >= 0.3 is 5.97 Å². The Morgan fingerprint density at radius 3 is 2.17 bits per heavy atom. The van der Waals surface area contributed by atoms with Gasteiger partial charge in [0.2, 0.25) is 0 Å². The summed E-state index contributed by atoms with van der Waals surface area (Å²) in [5.74, 6) is -0.566. The van der Waals surface area contributed by atoms with Crippen molar-refractivity contribution in [1.29, 1.82) is 0 Å². The number of benzene rings is 1. The Morgan fingerprint density at radius 1 is 1.22 bits per heavy atom. The van der Waals surface area contributed by atoms with Crippen LogP contribution in [0.1, 0.15) is 63.0 Å². The van der Waals surface area contributed by atoms with Crippen molar-refractivity contribution in [1.82, 2.24) is 0 Å². The lowest BCUT2D eigenvalue weighted by molar-refractivity contribution is -0.385. The highest BCUT2D eigenvalue weighted by atomic mass is 16.6. The number of hydrogen-bond donors (Lipinski definition) is 0. The van der Waals surface area contributed by atoms with Crippen LogP contribution in [0.5, 0.6) is 0 Å². The maximum absolute atomic E-state index is 12.4. The summed E-state index contributed by atoms with van der Waals surface area (Å²) in [6, 6.07) is 2.87. The standard InChI is InChI=1S/C18H25NO4/c1-8-9-23-16(20)13-10-12(19(21)22)11-14(17(2,3)4)15(13)18(5,6)7/h8,10-11H,1,9H2,2-7H3. The van der Waals surface area contributed by atoms with E-state index in [2.05, 4.69) is 6.58 Å². The molecule has 0 unspecified atom stereocenters. The summed E-state index contributed by atoms with van der Waals surface area (Å²) in [5.41, 5.74) is 1.00. The van der Waals surface area contributed by atoms with Crippen LogP contribution in [-0.2, 0) is 15.6 Å². The van der Waals surface area contributed by atoms with Gasteiger partial charge in [-0.3, -0.25) is 10.1 Å². The zero-order valence-electron chi connectivity index (χ0n) is 14.7. The Hall–Kier alpha value is -2.17. The van der Waals surface area contributed by atoms with E-state index in [0.29, 0.717) is 0 Å². The van der Waals surface area contributed by atoms with Gasteiger partial charge in [0, 0.05) is 12.1 Å². The number of carbonyl (C=O) groups excluding carboxylic acids is 1. The number of hydrogen-bond acceptors (Lipinski definition) is 4. The number of nitro benzene ring substituents is 1. The lowest BCUT2D eigenvalue weighted by Crippen LogP contribution is -2.26. The van der Waals surface area contributed by atoms with Crippen LogP contribution < -0.4 is 0 Å². The molecule has 0 aliphatic heterocycles. The van der Waals surface area contributed by atoms with E-state index in [1.165, 1.54) is 12.1 Å². The molecule has 0 radical (unpaired) electrons. The number of non-ortho nitro benzene ring substituents is 1. The molecule has 23 heavy (non-hydrogen) atoms. The van der Waals surface area contributed by atoms with Crippen LogP contribution in [0.25, 0.3) is 0 Å². The Labute approximate surface area is 137 Å². The summed E-state index contributed by atoms with van der Waals surface area (Å²) in [6.07, 6.45) is 1.47. The Kier molecular flexibility index (Phi) is 5.35. The molecule has 126 valence electrons. The van der Waals surface area contributed by atoms with Crippen molar-refractivity contribution in [2.75, 3.05) is 6.61 Å². The third-order valence-corrected chi connectivity index (χ3v) is 3.44. The van der Waals surface area contributed by atoms with Gasteiger partial charge in [0.05, 0.1) is 10.5 Å². The molecule has 0 saturated carbocycles. The van der Waals surface area contributed by atoms with E-state index in [1.54, 1.807) is 6.07 Å². The van der Waals surface area contributed by atoms with Crippen LogP contribution in [0.15, 0.2) is 24.8 Å². The summed E-state index contributed by atoms with van der Waals surface area (Å²) >= 11 is 0. The highest BCUT2D eigenvalue weighted by Gasteiger charge is 2.33. The molecule has 0 saturated heterocycles. The van der Waals surface area contributed by atoms with Crippen molar-refractivity contribution < 1.29 is 14.5 Å². The Balaban J connectivity index is 3.75. The molecule has 0 fully saturated rings. The van der Waals surface area contributed by atoms with E-state index >= 15 is 0 Å². The molecule has 0 spiro atoms. The van der Waals surface area contributed by atoms with Gasteiger partial charge in [-0.1, -0.05) is 54.2 Å². The lowest BCUT2D eigenvalue weighted by atomic mass is 9.73. The molecule has 1 aromatic carbocycles. The van der Waals surface area contributed by atoms with E-state index in [4.69, 9.17) is 4.74 Å². The van der Waals surface area contributed by atoms with E-state index in [1.807, 2.05) is 41.5 Å². The molecule has 0 aromatic heterocycles. The highest BCUT2D eigenvalue weighted by molar-refractivity contribution is 5.93. The minimum atomic E-state index is -0.566. The van der Waals surface area contributed by atoms with E-state index < -0.39 is 10.9 Å². The van der Waals surface area contributed by atoms with Crippen molar-refractivity contribution in [3.05, 3.63) is 51.6 Å². The second-order valence-corrected chi connectivity index (χ2v) is 7.56. The molecular weight excluding hydrogens is 294 g/mol. The van der Waals surface area contributed by atoms with Gasteiger partial charge in [-0.05, 0) is 22.0 Å². The van der Waals surface area contributed by atoms with Crippen LogP contribution in [0.3, 0.4) is 0 Å². The maximum Gasteiger partial charge on any atom is 0.339 e. The van der Waals surface area contributed by atoms with Crippen molar-refractivity contribution in [3.63, 3.8) is 0 Å². The normalized spacial score (nSPS) is 11.9. The van der Waals surface area contributed by atoms with Crippen LogP contribution >= 0.6 is 0 Å². The van der Waals surface area contributed by atoms with Gasteiger partial charge in [-0.2, -0.15) is 0 Å². The summed E-state index contributed by atoms with van der Waals surface area (Å²) in [7, 11) is 0. The molecule has 0 aliphatic rings. The highest BCUT2D eigenvalue weighted by Crippen LogP contribution is 2.39. The number of esters is 1. The van der Waals surface area contributed by atoms with Gasteiger partial charge in [-0.25, -0.2) is 4.79 Å². The average Bonchev–Trinajstić information content (AvgIpc) is 2.41. The molecule has 0 bridgehead atoms. The van der Waals surface area contributed by atoms with Gasteiger partial charge in [0.1, 0.15) is 6.61 Å². The number of nitro groups is 1. The van der Waals surface area contributed by atoms with E-state index in [-0.39, 0.29) is 28.7 Å². The van der Waals surface area contributed by atoms with Crippen LogP contribution in [0, 0.1) is 10.1 Å². The van der Waals surface area contributed by atoms with Crippen molar-refractivity contribution in [2.24, 2.45) is 0 Å². The van der Waals surface area contributed by atoms with Crippen LogP contribution in [-0.4, -0.2) is 17.5 Å². The van der Waals surface area contributed by atoms with Crippen LogP contribution in [0.2, 0.25) is 0 Å². The summed E-state index contributed by atoms with van der Waals surface area (Å²) < 4.78 is 5.14. The third-order valence-electron chi connectivity index (χ3n) is 3.44. The van der Waals surface area contributed by atoms with Crippen molar-refractivity contribution >= 4 is 11.7 Å². The monoisotopic (exact) mass is 319 g/mol. The molecule has 1 aromatic rings. The first-order valence-corrected chi connectivity index (χ1v) is 7.51. The first-order chi connectivity index (χ1) is 10.4. The number of nitrogens with zero attached hydrogens (tertiary/aromatic N) is 1. The fourth-order valence-electron chi connectivity index (χ4n) is 2.51. The number of rotatable bonds is 4. The number of carbonyl (C=O) groups is 1. The Bertz CT molecular complexity index is 634. The quantitative estimate of drug-likeness (QED) is 0.354. The zero-order valence-corrected chi connectivity index (χ0v) is 14.7. The van der Waals surface area contributed by atoms with Crippen LogP contribution in [0.4, 0.5) is 5.69 Å². The molecule has 0 N–H and O–H groups in total. The maximum atomic E-state index is 12.4. The fraction of sp³-hybridized carbons (Fsp3) is 0.500. The predicted octanol–water partition coefficient (Wildman–Crippen LogP) is 4.53.